The summed E-state index contributed by atoms with van der Waals surface area (Å²) in [5.74, 6) is 0. The van der Waals surface area contributed by atoms with Gasteiger partial charge < -0.3 is 4.98 Å². The fourth-order valence-electron chi connectivity index (χ4n) is 0.394. The van der Waals surface area contributed by atoms with Gasteiger partial charge in [0.25, 0.3) is 0 Å². The minimum atomic E-state index is 0. The second-order valence-corrected chi connectivity index (χ2v) is 1.40. The average Bonchev–Trinajstić information content (AvgIpc) is 1.94. The minimum absolute atomic E-state index is 0. The van der Waals surface area contributed by atoms with Gasteiger partial charge in [-0.3, -0.25) is 0 Å². The molecule has 2 heteroatoms. The quantitative estimate of drug-likeness (QED) is 0.670. The Bertz CT molecular complexity index is 139. The molecule has 0 spiro atoms. The molecule has 0 aliphatic heterocycles. The molecule has 0 aliphatic carbocycles. The third kappa shape index (κ3) is 5.97. The van der Waals surface area contributed by atoms with Gasteiger partial charge in [-0.1, -0.05) is 20.0 Å². The van der Waals surface area contributed by atoms with Crippen LogP contribution in [-0.2, 0) is 21.1 Å². The first-order valence-electron chi connectivity index (χ1n) is 3.18. The van der Waals surface area contributed by atoms with E-state index in [0.29, 0.717) is 0 Å². The molecule has 1 rings (SSSR count). The van der Waals surface area contributed by atoms with E-state index >= 15 is 0 Å². The first kappa shape index (κ1) is 12.5. The zero-order valence-electron chi connectivity index (χ0n) is 6.59. The van der Waals surface area contributed by atoms with Crippen molar-refractivity contribution in [2.45, 2.75) is 20.8 Å². The Kier molecular flexibility index (Phi) is 11.1. The van der Waals surface area contributed by atoms with Crippen molar-refractivity contribution in [3.63, 3.8) is 0 Å². The summed E-state index contributed by atoms with van der Waals surface area (Å²) in [6.45, 7) is 5.95. The van der Waals surface area contributed by atoms with Crippen LogP contribution >= 0.6 is 0 Å². The van der Waals surface area contributed by atoms with E-state index in [9.17, 15) is 0 Å². The van der Waals surface area contributed by atoms with Gasteiger partial charge in [-0.15, -0.1) is 0 Å². The largest absolute Gasteiger partial charge is 0.301 e. The van der Waals surface area contributed by atoms with E-state index in [2.05, 4.69) is 11.1 Å². The summed E-state index contributed by atoms with van der Waals surface area (Å²) in [5, 5.41) is 0. The van der Waals surface area contributed by atoms with Gasteiger partial charge in [0.15, 0.2) is 0 Å². The Balaban J connectivity index is 0. The maximum Gasteiger partial charge on any atom is 0 e. The van der Waals surface area contributed by atoms with Crippen molar-refractivity contribution < 1.29 is 21.1 Å². The molecule has 0 aromatic carbocycles. The zero-order valence-corrected chi connectivity index (χ0v) is 9.52. The molecule has 1 aromatic rings. The summed E-state index contributed by atoms with van der Waals surface area (Å²) in [7, 11) is 0. The molecule has 0 atom stereocenters. The van der Waals surface area contributed by atoms with Gasteiger partial charge in [-0.2, -0.15) is 6.07 Å². The number of rotatable bonds is 0. The van der Waals surface area contributed by atoms with Crippen LogP contribution in [0.25, 0.3) is 0 Å². The molecular weight excluding hydrogens is 294 g/mol. The van der Waals surface area contributed by atoms with Crippen molar-refractivity contribution in [2.24, 2.45) is 0 Å². The minimum Gasteiger partial charge on any atom is -0.301 e. The van der Waals surface area contributed by atoms with Crippen molar-refractivity contribution in [1.29, 1.82) is 0 Å². The van der Waals surface area contributed by atoms with Crippen molar-refractivity contribution in [3.8, 4) is 0 Å². The van der Waals surface area contributed by atoms with Gasteiger partial charge in [-0.05, 0) is 12.6 Å². The van der Waals surface area contributed by atoms with Gasteiger partial charge in [0.05, 0.1) is 0 Å². The van der Waals surface area contributed by atoms with Crippen LogP contribution in [0.3, 0.4) is 0 Å². The van der Waals surface area contributed by atoms with Gasteiger partial charge in [0, 0.05) is 21.1 Å². The second-order valence-electron chi connectivity index (χ2n) is 1.40. The van der Waals surface area contributed by atoms with E-state index in [0.717, 1.165) is 5.69 Å². The van der Waals surface area contributed by atoms with E-state index in [1.165, 1.54) is 0 Å². The number of aryl methyl sites for hydroxylation is 1. The maximum atomic E-state index is 3.92. The van der Waals surface area contributed by atoms with Gasteiger partial charge >= 0.3 is 0 Å². The molecule has 1 heterocycles. The molecule has 1 aromatic heterocycles. The van der Waals surface area contributed by atoms with Crippen molar-refractivity contribution in [3.05, 3.63) is 30.1 Å². The van der Waals surface area contributed by atoms with Crippen LogP contribution in [0.1, 0.15) is 19.5 Å². The average molecular weight is 306 g/mol. The van der Waals surface area contributed by atoms with Crippen LogP contribution < -0.4 is 0 Å². The summed E-state index contributed by atoms with van der Waals surface area (Å²) in [6.07, 6.45) is 1.66. The van der Waals surface area contributed by atoms with E-state index in [1.807, 2.05) is 32.9 Å². The summed E-state index contributed by atoms with van der Waals surface area (Å²) >= 11 is 0. The molecule has 0 N–H and O–H groups in total. The number of nitrogens with zero attached hydrogens (tertiary/aromatic N) is 1. The molecule has 0 unspecified atom stereocenters. The molecule has 0 aliphatic rings. The van der Waals surface area contributed by atoms with Crippen molar-refractivity contribution in [2.75, 3.05) is 0 Å². The fourth-order valence-corrected chi connectivity index (χ4v) is 0.394. The van der Waals surface area contributed by atoms with Crippen molar-refractivity contribution >= 4 is 0 Å². The maximum absolute atomic E-state index is 3.92. The Labute approximate surface area is 77.1 Å². The Morgan fingerprint density at radius 3 is 2.20 bits per heavy atom. The second kappa shape index (κ2) is 8.84. The molecule has 0 bridgehead atoms. The summed E-state index contributed by atoms with van der Waals surface area (Å²) < 4.78 is 0. The van der Waals surface area contributed by atoms with Gasteiger partial charge in [-0.25, -0.2) is 12.1 Å². The van der Waals surface area contributed by atoms with Gasteiger partial charge in [0.1, 0.15) is 0 Å². The third-order valence-electron chi connectivity index (χ3n) is 0.763. The first-order valence-corrected chi connectivity index (χ1v) is 3.18. The Hall–Kier alpha value is -0.162. The van der Waals surface area contributed by atoms with Crippen LogP contribution in [0.5, 0.6) is 0 Å². The van der Waals surface area contributed by atoms with E-state index in [4.69, 9.17) is 0 Å². The van der Waals surface area contributed by atoms with Crippen LogP contribution in [0.15, 0.2) is 18.3 Å². The molecule has 0 saturated heterocycles. The fraction of sp³-hybridized carbons (Fsp3) is 0.375. The number of aromatic nitrogens is 1. The first-order chi connectivity index (χ1) is 4.39. The summed E-state index contributed by atoms with van der Waals surface area (Å²) in [6, 6.07) is 6.59. The molecule has 0 amide bonds. The van der Waals surface area contributed by atoms with Crippen LogP contribution in [0.2, 0.25) is 0 Å². The molecule has 56 valence electrons. The third-order valence-corrected chi connectivity index (χ3v) is 0.763. The molecule has 0 fully saturated rings. The predicted octanol–water partition coefficient (Wildman–Crippen LogP) is 2.21. The topological polar surface area (TPSA) is 12.9 Å². The SMILES string of the molecule is CC.Cc1cc[c-]cn1.[W]. The van der Waals surface area contributed by atoms with E-state index in [1.54, 1.807) is 6.20 Å². The van der Waals surface area contributed by atoms with E-state index in [-0.39, 0.29) is 21.1 Å². The normalized spacial score (nSPS) is 6.70. The molecule has 0 radical (unpaired) electrons. The molecule has 0 saturated carbocycles. The number of pyridine rings is 1. The smallest absolute Gasteiger partial charge is 0 e. The van der Waals surface area contributed by atoms with E-state index < -0.39 is 0 Å². The van der Waals surface area contributed by atoms with Gasteiger partial charge in [0.2, 0.25) is 0 Å². The summed E-state index contributed by atoms with van der Waals surface area (Å²) in [5.41, 5.74) is 1.04. The number of hydrogen-bond acceptors (Lipinski definition) is 1. The predicted molar refractivity (Wildman–Crippen MR) is 39.2 cm³/mol. The van der Waals surface area contributed by atoms with Crippen molar-refractivity contribution in [1.82, 2.24) is 4.98 Å². The standard InChI is InChI=1S/C6H6N.C2H6.W/c1-6-4-2-3-5-7-6;1-2;/h2,4-5H,1H3;1-2H3;/q-1;;. The Morgan fingerprint density at radius 2 is 2.00 bits per heavy atom. The zero-order chi connectivity index (χ0) is 7.11. The molecular formula is C8H12NW-. The molecule has 10 heavy (non-hydrogen) atoms. The van der Waals surface area contributed by atoms with Crippen LogP contribution in [-0.4, -0.2) is 4.98 Å². The summed E-state index contributed by atoms with van der Waals surface area (Å²) in [4.78, 5) is 3.92. The Morgan fingerprint density at radius 1 is 1.40 bits per heavy atom. The van der Waals surface area contributed by atoms with Crippen LogP contribution in [0, 0.1) is 13.0 Å². The monoisotopic (exact) mass is 306 g/mol. The number of hydrogen-bond donors (Lipinski definition) is 0. The molecule has 1 nitrogen and oxygen atoms in total. The van der Waals surface area contributed by atoms with Crippen LogP contribution in [0.4, 0.5) is 0 Å².